The molecule has 0 radical (unpaired) electrons. The predicted molar refractivity (Wildman–Crippen MR) is 102 cm³/mol. The van der Waals surface area contributed by atoms with Crippen molar-refractivity contribution in [2.75, 3.05) is 18.5 Å². The molecule has 0 aromatic heterocycles. The molecule has 0 atom stereocenters. The summed E-state index contributed by atoms with van der Waals surface area (Å²) in [5.74, 6) is 0.920. The predicted octanol–water partition coefficient (Wildman–Crippen LogP) is 2.37. The van der Waals surface area contributed by atoms with Gasteiger partial charge in [-0.15, -0.1) is 0 Å². The Morgan fingerprint density at radius 3 is 2.52 bits per heavy atom. The van der Waals surface area contributed by atoms with Crippen LogP contribution in [-0.2, 0) is 14.8 Å². The number of carbonyl (C=O) groups excluding carboxylic acids is 1. The van der Waals surface area contributed by atoms with Gasteiger partial charge in [-0.1, -0.05) is 6.07 Å². The molecule has 27 heavy (non-hydrogen) atoms. The summed E-state index contributed by atoms with van der Waals surface area (Å²) in [6, 6.07) is 8.22. The van der Waals surface area contributed by atoms with Gasteiger partial charge < -0.3 is 14.8 Å². The highest BCUT2D eigenvalue weighted by Crippen LogP contribution is 2.31. The van der Waals surface area contributed by atoms with Crippen molar-refractivity contribution in [1.29, 1.82) is 0 Å². The third-order valence-corrected chi connectivity index (χ3v) is 5.11. The summed E-state index contributed by atoms with van der Waals surface area (Å²) in [7, 11) is -3.86. The molecule has 3 N–H and O–H groups in total. The Kier molecular flexibility index (Phi) is 5.20. The monoisotopic (exact) mass is 388 g/mol. The Morgan fingerprint density at radius 2 is 1.81 bits per heavy atom. The van der Waals surface area contributed by atoms with Gasteiger partial charge in [0.05, 0.1) is 4.90 Å². The summed E-state index contributed by atoms with van der Waals surface area (Å²) in [5.41, 5.74) is 2.66. The molecule has 142 valence electrons. The van der Waals surface area contributed by atoms with Crippen LogP contribution in [0.1, 0.15) is 16.7 Å². The Labute approximate surface area is 157 Å². The number of rotatable bonds is 4. The first-order valence-electron chi connectivity index (χ1n) is 8.27. The molecule has 3 rings (SSSR count). The lowest BCUT2D eigenvalue weighted by Gasteiger charge is -2.18. The summed E-state index contributed by atoms with van der Waals surface area (Å²) < 4.78 is 34.2. The zero-order valence-corrected chi connectivity index (χ0v) is 15.8. The lowest BCUT2D eigenvalue weighted by Crippen LogP contribution is -2.15. The summed E-state index contributed by atoms with van der Waals surface area (Å²) in [5, 5.41) is 7.88. The van der Waals surface area contributed by atoms with Gasteiger partial charge in [0, 0.05) is 11.8 Å². The molecule has 0 unspecified atom stereocenters. The van der Waals surface area contributed by atoms with E-state index in [0.29, 0.717) is 36.0 Å². The molecule has 7 nitrogen and oxygen atoms in total. The molecule has 0 spiro atoms. The highest BCUT2D eigenvalue weighted by atomic mass is 32.2. The molecule has 1 aliphatic rings. The van der Waals surface area contributed by atoms with E-state index in [1.807, 2.05) is 6.07 Å². The smallest absolute Gasteiger partial charge is 0.248 e. The minimum atomic E-state index is -3.86. The zero-order chi connectivity index (χ0) is 19.6. The first kappa shape index (κ1) is 18.9. The number of hydrogen-bond donors (Lipinski definition) is 2. The van der Waals surface area contributed by atoms with E-state index < -0.39 is 10.0 Å². The Balaban J connectivity index is 1.78. The topological polar surface area (TPSA) is 108 Å². The van der Waals surface area contributed by atoms with Gasteiger partial charge in [0.1, 0.15) is 13.2 Å². The average molecular weight is 388 g/mol. The quantitative estimate of drug-likeness (QED) is 0.782. The average Bonchev–Trinajstić information content (AvgIpc) is 2.62. The van der Waals surface area contributed by atoms with E-state index in [4.69, 9.17) is 14.6 Å². The molecule has 1 amide bonds. The molecule has 2 aromatic carbocycles. The largest absolute Gasteiger partial charge is 0.486 e. The van der Waals surface area contributed by atoms with Gasteiger partial charge in [-0.2, -0.15) is 0 Å². The molecular formula is C19H20N2O5S. The van der Waals surface area contributed by atoms with Gasteiger partial charge in [-0.05, 0) is 60.9 Å². The van der Waals surface area contributed by atoms with E-state index >= 15 is 0 Å². The number of hydrogen-bond acceptors (Lipinski definition) is 5. The lowest BCUT2D eigenvalue weighted by atomic mass is 10.1. The second kappa shape index (κ2) is 7.42. The Morgan fingerprint density at radius 1 is 1.11 bits per heavy atom. The molecular weight excluding hydrogens is 368 g/mol. The maximum atomic E-state index is 12.3. The van der Waals surface area contributed by atoms with Crippen LogP contribution in [0.5, 0.6) is 11.5 Å². The molecule has 2 aromatic rings. The number of benzene rings is 2. The fourth-order valence-electron chi connectivity index (χ4n) is 2.63. The third-order valence-electron chi connectivity index (χ3n) is 4.22. The number of aryl methyl sites for hydroxylation is 1. The number of anilines is 1. The van der Waals surface area contributed by atoms with E-state index in [9.17, 15) is 13.2 Å². The summed E-state index contributed by atoms with van der Waals surface area (Å²) in [4.78, 5) is 12.2. The van der Waals surface area contributed by atoms with Crippen molar-refractivity contribution in [2.24, 2.45) is 5.14 Å². The van der Waals surface area contributed by atoms with Crippen LogP contribution in [0.2, 0.25) is 0 Å². The highest BCUT2D eigenvalue weighted by Gasteiger charge is 2.14. The molecule has 0 saturated heterocycles. The van der Waals surface area contributed by atoms with Crippen LogP contribution in [0.4, 0.5) is 5.69 Å². The van der Waals surface area contributed by atoms with Gasteiger partial charge in [-0.3, -0.25) is 4.79 Å². The molecule has 8 heteroatoms. The number of primary sulfonamides is 1. The Bertz CT molecular complexity index is 1030. The maximum Gasteiger partial charge on any atom is 0.248 e. The lowest BCUT2D eigenvalue weighted by molar-refractivity contribution is -0.111. The molecule has 1 heterocycles. The Hall–Kier alpha value is -2.84. The maximum absolute atomic E-state index is 12.3. The van der Waals surface area contributed by atoms with Gasteiger partial charge in [0.2, 0.25) is 15.9 Å². The molecule has 0 fully saturated rings. The van der Waals surface area contributed by atoms with Crippen molar-refractivity contribution in [3.63, 3.8) is 0 Å². The van der Waals surface area contributed by atoms with Gasteiger partial charge in [0.25, 0.3) is 0 Å². The number of nitrogens with two attached hydrogens (primary N) is 1. The normalized spacial score (nSPS) is 13.6. The van der Waals surface area contributed by atoms with Crippen LogP contribution in [-0.4, -0.2) is 27.5 Å². The summed E-state index contributed by atoms with van der Waals surface area (Å²) in [6.07, 6.45) is 3.00. The van der Waals surface area contributed by atoms with E-state index in [-0.39, 0.29) is 10.8 Å². The molecule has 1 aliphatic heterocycles. The standard InChI is InChI=1S/C19H20N2O5S/c1-12-9-15(27(20,23)24)11-16(13(12)2)21-19(22)6-4-14-3-5-17-18(10-14)26-8-7-25-17/h3-6,9-11H,7-8H2,1-2H3,(H,21,22)(H2,20,23,24)/b6-4+. The van der Waals surface area contributed by atoms with Gasteiger partial charge >= 0.3 is 0 Å². The van der Waals surface area contributed by atoms with Crippen LogP contribution in [0.3, 0.4) is 0 Å². The van der Waals surface area contributed by atoms with Crippen LogP contribution in [0.25, 0.3) is 6.08 Å². The first-order valence-corrected chi connectivity index (χ1v) is 9.81. The fraction of sp³-hybridized carbons (Fsp3) is 0.211. The van der Waals surface area contributed by atoms with E-state index in [0.717, 1.165) is 11.1 Å². The number of fused-ring (bicyclic) bond motifs is 1. The number of amides is 1. The van der Waals surface area contributed by atoms with E-state index in [1.54, 1.807) is 32.1 Å². The van der Waals surface area contributed by atoms with Crippen LogP contribution in [0.15, 0.2) is 41.3 Å². The van der Waals surface area contributed by atoms with Crippen molar-refractivity contribution in [2.45, 2.75) is 18.7 Å². The SMILES string of the molecule is Cc1cc(S(N)(=O)=O)cc(NC(=O)/C=C/c2ccc3c(c2)OCCO3)c1C. The molecule has 0 aliphatic carbocycles. The number of nitrogens with one attached hydrogen (secondary N) is 1. The van der Waals surface area contributed by atoms with Crippen molar-refractivity contribution in [3.05, 3.63) is 53.1 Å². The van der Waals surface area contributed by atoms with Crippen molar-refractivity contribution >= 4 is 27.7 Å². The van der Waals surface area contributed by atoms with E-state index in [1.165, 1.54) is 18.2 Å². The zero-order valence-electron chi connectivity index (χ0n) is 15.0. The van der Waals surface area contributed by atoms with Crippen molar-refractivity contribution < 1.29 is 22.7 Å². The summed E-state index contributed by atoms with van der Waals surface area (Å²) >= 11 is 0. The highest BCUT2D eigenvalue weighted by molar-refractivity contribution is 7.89. The van der Waals surface area contributed by atoms with Crippen LogP contribution < -0.4 is 19.9 Å². The first-order chi connectivity index (χ1) is 12.7. The van der Waals surface area contributed by atoms with Crippen molar-refractivity contribution in [3.8, 4) is 11.5 Å². The number of ether oxygens (including phenoxy) is 2. The summed E-state index contributed by atoms with van der Waals surface area (Å²) in [6.45, 7) is 4.55. The van der Waals surface area contributed by atoms with Crippen molar-refractivity contribution in [1.82, 2.24) is 0 Å². The van der Waals surface area contributed by atoms with Gasteiger partial charge in [0.15, 0.2) is 11.5 Å². The van der Waals surface area contributed by atoms with Crippen LogP contribution >= 0.6 is 0 Å². The fourth-order valence-corrected chi connectivity index (χ4v) is 3.25. The third kappa shape index (κ3) is 4.47. The van der Waals surface area contributed by atoms with E-state index in [2.05, 4.69) is 5.32 Å². The second-order valence-corrected chi connectivity index (χ2v) is 7.74. The minimum Gasteiger partial charge on any atom is -0.486 e. The second-order valence-electron chi connectivity index (χ2n) is 6.18. The van der Waals surface area contributed by atoms with Crippen LogP contribution in [0, 0.1) is 13.8 Å². The number of sulfonamides is 1. The number of carbonyl (C=O) groups is 1. The minimum absolute atomic E-state index is 0.0447. The van der Waals surface area contributed by atoms with Gasteiger partial charge in [-0.25, -0.2) is 13.6 Å². The molecule has 0 saturated carbocycles. The molecule has 0 bridgehead atoms.